The van der Waals surface area contributed by atoms with Crippen LogP contribution in [0.25, 0.3) is 10.2 Å². The molecule has 0 unspecified atom stereocenters. The molecule has 0 saturated heterocycles. The number of nitrogens with one attached hydrogen (secondary N) is 1. The van der Waals surface area contributed by atoms with Crippen molar-refractivity contribution in [2.45, 2.75) is 46.5 Å². The van der Waals surface area contributed by atoms with E-state index in [0.717, 1.165) is 28.6 Å². The minimum atomic E-state index is -0.0976. The van der Waals surface area contributed by atoms with E-state index in [4.69, 9.17) is 4.52 Å². The molecule has 0 fully saturated rings. The third kappa shape index (κ3) is 3.62. The molecule has 0 spiro atoms. The van der Waals surface area contributed by atoms with Crippen LogP contribution in [0.2, 0.25) is 0 Å². The summed E-state index contributed by atoms with van der Waals surface area (Å²) in [6, 6.07) is 4.12. The molecule has 1 amide bonds. The first-order valence-corrected chi connectivity index (χ1v) is 8.86. The van der Waals surface area contributed by atoms with E-state index in [1.807, 2.05) is 13.0 Å². The highest BCUT2D eigenvalue weighted by Crippen LogP contribution is 2.30. The third-order valence-electron chi connectivity index (χ3n) is 3.74. The lowest BCUT2D eigenvalue weighted by Crippen LogP contribution is -2.12. The zero-order valence-corrected chi connectivity index (χ0v) is 14.9. The quantitative estimate of drug-likeness (QED) is 0.735. The van der Waals surface area contributed by atoms with E-state index in [9.17, 15) is 4.79 Å². The number of rotatable bonds is 6. The van der Waals surface area contributed by atoms with Crippen LogP contribution in [-0.4, -0.2) is 21.0 Å². The Hall–Kier alpha value is -2.28. The predicted octanol–water partition coefficient (Wildman–Crippen LogP) is 3.82. The maximum atomic E-state index is 12.1. The fourth-order valence-electron chi connectivity index (χ4n) is 2.43. The molecule has 0 radical (unpaired) electrons. The van der Waals surface area contributed by atoms with Gasteiger partial charge in [-0.3, -0.25) is 4.79 Å². The van der Waals surface area contributed by atoms with Crippen molar-refractivity contribution in [2.75, 3.05) is 5.32 Å². The van der Waals surface area contributed by atoms with Crippen LogP contribution < -0.4 is 5.32 Å². The van der Waals surface area contributed by atoms with E-state index in [0.29, 0.717) is 29.7 Å². The maximum Gasteiger partial charge on any atom is 0.227 e. The molecule has 126 valence electrons. The van der Waals surface area contributed by atoms with Crippen LogP contribution in [0, 0.1) is 13.8 Å². The lowest BCUT2D eigenvalue weighted by molar-refractivity contribution is -0.116. The highest BCUT2D eigenvalue weighted by Gasteiger charge is 2.13. The largest absolute Gasteiger partial charge is 0.339 e. The Morgan fingerprint density at radius 3 is 2.75 bits per heavy atom. The minimum Gasteiger partial charge on any atom is -0.339 e. The molecular formula is C17H20N4O2S. The molecule has 0 bridgehead atoms. The summed E-state index contributed by atoms with van der Waals surface area (Å²) in [4.78, 5) is 20.9. The second kappa shape index (κ2) is 7.09. The first-order valence-electron chi connectivity index (χ1n) is 8.05. The number of benzene rings is 1. The summed E-state index contributed by atoms with van der Waals surface area (Å²) in [5, 5.41) is 7.38. The smallest absolute Gasteiger partial charge is 0.227 e. The highest BCUT2D eigenvalue weighted by atomic mass is 32.1. The van der Waals surface area contributed by atoms with Gasteiger partial charge in [-0.1, -0.05) is 35.5 Å². The van der Waals surface area contributed by atoms with Crippen LogP contribution >= 0.6 is 11.3 Å². The molecule has 0 aliphatic carbocycles. The van der Waals surface area contributed by atoms with E-state index in [1.165, 1.54) is 16.9 Å². The summed E-state index contributed by atoms with van der Waals surface area (Å²) in [6.45, 7) is 6.14. The molecule has 1 aromatic carbocycles. The van der Waals surface area contributed by atoms with Crippen LogP contribution in [0.4, 0.5) is 5.13 Å². The number of nitrogens with zero attached hydrogens (tertiary/aromatic N) is 3. The van der Waals surface area contributed by atoms with Crippen molar-refractivity contribution in [3.05, 3.63) is 35.0 Å². The van der Waals surface area contributed by atoms with Crippen LogP contribution in [-0.2, 0) is 17.6 Å². The van der Waals surface area contributed by atoms with Crippen LogP contribution in [0.1, 0.15) is 42.6 Å². The van der Waals surface area contributed by atoms with Gasteiger partial charge in [0.05, 0.1) is 10.2 Å². The second-order valence-electron chi connectivity index (χ2n) is 5.80. The molecule has 0 aliphatic rings. The SMILES string of the molecule is CCCc1noc(CCC(=O)Nc2nc3c(C)ccc(C)c3s2)n1. The van der Waals surface area contributed by atoms with Gasteiger partial charge in [0.25, 0.3) is 0 Å². The van der Waals surface area contributed by atoms with E-state index in [1.54, 1.807) is 0 Å². The molecule has 2 aromatic heterocycles. The Kier molecular flexibility index (Phi) is 4.89. The van der Waals surface area contributed by atoms with Gasteiger partial charge in [0.15, 0.2) is 11.0 Å². The maximum absolute atomic E-state index is 12.1. The number of carbonyl (C=O) groups excluding carboxylic acids is 1. The summed E-state index contributed by atoms with van der Waals surface area (Å²) < 4.78 is 6.26. The van der Waals surface area contributed by atoms with Crippen LogP contribution in [0.5, 0.6) is 0 Å². The van der Waals surface area contributed by atoms with Crippen molar-refractivity contribution in [1.29, 1.82) is 0 Å². The van der Waals surface area contributed by atoms with E-state index >= 15 is 0 Å². The fourth-order valence-corrected chi connectivity index (χ4v) is 3.46. The van der Waals surface area contributed by atoms with E-state index < -0.39 is 0 Å². The Morgan fingerprint density at radius 1 is 1.21 bits per heavy atom. The molecule has 3 rings (SSSR count). The molecule has 0 saturated carbocycles. The molecule has 24 heavy (non-hydrogen) atoms. The Bertz CT molecular complexity index is 830. The van der Waals surface area contributed by atoms with Crippen molar-refractivity contribution in [3.8, 4) is 0 Å². The topological polar surface area (TPSA) is 80.9 Å². The summed E-state index contributed by atoms with van der Waals surface area (Å²) >= 11 is 1.50. The van der Waals surface area contributed by atoms with Gasteiger partial charge in [-0.05, 0) is 31.4 Å². The summed E-state index contributed by atoms with van der Waals surface area (Å²) in [5.41, 5.74) is 3.24. The van der Waals surface area contributed by atoms with Crippen molar-refractivity contribution in [1.82, 2.24) is 15.1 Å². The number of aromatic nitrogens is 3. The van der Waals surface area contributed by atoms with Crippen molar-refractivity contribution in [2.24, 2.45) is 0 Å². The third-order valence-corrected chi connectivity index (χ3v) is 4.84. The fraction of sp³-hybridized carbons (Fsp3) is 0.412. The zero-order chi connectivity index (χ0) is 17.1. The van der Waals surface area contributed by atoms with Gasteiger partial charge in [0.2, 0.25) is 11.8 Å². The standard InChI is InChI=1S/C17H20N4O2S/c1-4-5-12-18-14(23-21-12)9-8-13(22)19-17-20-15-10(2)6-7-11(3)16(15)24-17/h6-7H,4-5,8-9H2,1-3H3,(H,19,20,22). The summed E-state index contributed by atoms with van der Waals surface area (Å²) in [7, 11) is 0. The highest BCUT2D eigenvalue weighted by molar-refractivity contribution is 7.22. The average Bonchev–Trinajstić information content (AvgIpc) is 3.17. The van der Waals surface area contributed by atoms with E-state index in [2.05, 4.69) is 40.4 Å². The number of aryl methyl sites for hydroxylation is 4. The number of anilines is 1. The number of hydrogen-bond acceptors (Lipinski definition) is 6. The van der Waals surface area contributed by atoms with Gasteiger partial charge in [0, 0.05) is 19.3 Å². The Balaban J connectivity index is 1.62. The number of fused-ring (bicyclic) bond motifs is 1. The lowest BCUT2D eigenvalue weighted by atomic mass is 10.1. The molecule has 1 N–H and O–H groups in total. The predicted molar refractivity (Wildman–Crippen MR) is 94.3 cm³/mol. The first-order chi connectivity index (χ1) is 11.6. The van der Waals surface area contributed by atoms with Gasteiger partial charge in [0.1, 0.15) is 0 Å². The van der Waals surface area contributed by atoms with Gasteiger partial charge < -0.3 is 9.84 Å². The summed E-state index contributed by atoms with van der Waals surface area (Å²) in [6.07, 6.45) is 2.49. The lowest BCUT2D eigenvalue weighted by Gasteiger charge is -1.98. The molecule has 7 heteroatoms. The number of hydrogen-bond donors (Lipinski definition) is 1. The Labute approximate surface area is 144 Å². The summed E-state index contributed by atoms with van der Waals surface area (Å²) in [5.74, 6) is 1.11. The molecule has 3 aromatic rings. The van der Waals surface area contributed by atoms with E-state index in [-0.39, 0.29) is 5.91 Å². The molecule has 2 heterocycles. The normalized spacial score (nSPS) is 11.1. The van der Waals surface area contributed by atoms with Crippen molar-refractivity contribution < 1.29 is 9.32 Å². The van der Waals surface area contributed by atoms with Gasteiger partial charge in [-0.2, -0.15) is 4.98 Å². The van der Waals surface area contributed by atoms with Gasteiger partial charge in [-0.25, -0.2) is 4.98 Å². The van der Waals surface area contributed by atoms with Gasteiger partial charge in [-0.15, -0.1) is 0 Å². The molecule has 0 atom stereocenters. The zero-order valence-electron chi connectivity index (χ0n) is 14.0. The van der Waals surface area contributed by atoms with Crippen LogP contribution in [0.15, 0.2) is 16.7 Å². The first kappa shape index (κ1) is 16.6. The number of carbonyl (C=O) groups is 1. The van der Waals surface area contributed by atoms with Crippen LogP contribution in [0.3, 0.4) is 0 Å². The number of thiazole rings is 1. The molecular weight excluding hydrogens is 324 g/mol. The Morgan fingerprint density at radius 2 is 2.00 bits per heavy atom. The number of amides is 1. The molecule has 0 aliphatic heterocycles. The van der Waals surface area contributed by atoms with Gasteiger partial charge >= 0.3 is 0 Å². The average molecular weight is 344 g/mol. The van der Waals surface area contributed by atoms with Crippen molar-refractivity contribution in [3.63, 3.8) is 0 Å². The monoisotopic (exact) mass is 344 g/mol. The minimum absolute atomic E-state index is 0.0976. The van der Waals surface area contributed by atoms with Crippen molar-refractivity contribution >= 4 is 32.6 Å². The molecule has 6 nitrogen and oxygen atoms in total. The second-order valence-corrected chi connectivity index (χ2v) is 6.80.